The molecule has 0 aromatic heterocycles. The Bertz CT molecular complexity index is 1020. The number of hydrogen-bond donors (Lipinski definition) is 1. The third kappa shape index (κ3) is 5.08. The van der Waals surface area contributed by atoms with E-state index in [9.17, 15) is 14.0 Å². The van der Waals surface area contributed by atoms with Crippen molar-refractivity contribution < 1.29 is 14.0 Å². The van der Waals surface area contributed by atoms with Gasteiger partial charge in [0.2, 0.25) is 0 Å². The molecule has 170 valence electrons. The molecular formula is C24H26Cl2FN3O2. The number of nitrogens with one attached hydrogen (secondary N) is 1. The molecule has 0 spiro atoms. The molecule has 1 N–H and O–H groups in total. The maximum absolute atomic E-state index is 14.1. The summed E-state index contributed by atoms with van der Waals surface area (Å²) in [6, 6.07) is 9.50. The minimum atomic E-state index is -0.573. The molecule has 32 heavy (non-hydrogen) atoms. The standard InChI is InChI=1S/C24H26Cl2FN3O2/c1-15-3-4-16(9-21(15)26)23(31)28-7-2-8-29-11-17-13-30(14-18(17)12-29)24(32)20-6-5-19(25)10-22(20)27/h3-6,9-10,17-18H,2,7-8,11-14H2,1H3,(H,28,31). The van der Waals surface area contributed by atoms with E-state index in [1.807, 2.05) is 13.0 Å². The largest absolute Gasteiger partial charge is 0.352 e. The number of carbonyl (C=O) groups excluding carboxylic acids is 2. The third-order valence-electron chi connectivity index (χ3n) is 6.38. The summed E-state index contributed by atoms with van der Waals surface area (Å²) < 4.78 is 14.1. The van der Waals surface area contributed by atoms with E-state index in [0.29, 0.717) is 42.1 Å². The second kappa shape index (κ2) is 9.77. The van der Waals surface area contributed by atoms with E-state index >= 15 is 0 Å². The van der Waals surface area contributed by atoms with Crippen molar-refractivity contribution in [2.24, 2.45) is 11.8 Å². The second-order valence-corrected chi connectivity index (χ2v) is 9.53. The number of hydrogen-bond acceptors (Lipinski definition) is 3. The normalized spacial score (nSPS) is 20.4. The molecule has 0 aliphatic carbocycles. The summed E-state index contributed by atoms with van der Waals surface area (Å²) in [7, 11) is 0. The van der Waals surface area contributed by atoms with Crippen molar-refractivity contribution in [1.29, 1.82) is 0 Å². The molecule has 8 heteroatoms. The Hall–Kier alpha value is -2.15. The van der Waals surface area contributed by atoms with Crippen LogP contribution in [0, 0.1) is 24.6 Å². The van der Waals surface area contributed by atoms with Crippen LogP contribution in [0.4, 0.5) is 4.39 Å². The van der Waals surface area contributed by atoms with Crippen molar-refractivity contribution in [3.63, 3.8) is 0 Å². The van der Waals surface area contributed by atoms with Gasteiger partial charge in [0.05, 0.1) is 5.56 Å². The molecule has 2 fully saturated rings. The maximum Gasteiger partial charge on any atom is 0.256 e. The Balaban J connectivity index is 1.20. The fourth-order valence-electron chi connectivity index (χ4n) is 4.61. The van der Waals surface area contributed by atoms with Crippen molar-refractivity contribution in [1.82, 2.24) is 15.1 Å². The Morgan fingerprint density at radius 3 is 2.44 bits per heavy atom. The fourth-order valence-corrected chi connectivity index (χ4v) is 4.95. The molecule has 2 aliphatic heterocycles. The number of carbonyl (C=O) groups is 2. The van der Waals surface area contributed by atoms with Gasteiger partial charge in [0.1, 0.15) is 5.82 Å². The van der Waals surface area contributed by atoms with Crippen LogP contribution < -0.4 is 5.32 Å². The minimum Gasteiger partial charge on any atom is -0.352 e. The summed E-state index contributed by atoms with van der Waals surface area (Å²) >= 11 is 11.9. The lowest BCUT2D eigenvalue weighted by molar-refractivity contribution is 0.0769. The Morgan fingerprint density at radius 1 is 1.06 bits per heavy atom. The van der Waals surface area contributed by atoms with Crippen molar-refractivity contribution in [3.8, 4) is 0 Å². The summed E-state index contributed by atoms with van der Waals surface area (Å²) in [5.41, 5.74) is 1.59. The molecule has 4 rings (SSSR count). The highest BCUT2D eigenvalue weighted by atomic mass is 35.5. The Kier molecular flexibility index (Phi) is 7.03. The molecule has 0 bridgehead atoms. The van der Waals surface area contributed by atoms with Gasteiger partial charge in [-0.15, -0.1) is 0 Å². The second-order valence-electron chi connectivity index (χ2n) is 8.69. The topological polar surface area (TPSA) is 52.7 Å². The lowest BCUT2D eigenvalue weighted by atomic mass is 10.0. The van der Waals surface area contributed by atoms with E-state index in [1.54, 1.807) is 23.1 Å². The maximum atomic E-state index is 14.1. The fraction of sp³-hybridized carbons (Fsp3) is 0.417. The van der Waals surface area contributed by atoms with Gasteiger partial charge >= 0.3 is 0 Å². The summed E-state index contributed by atoms with van der Waals surface area (Å²) in [5, 5.41) is 3.82. The summed E-state index contributed by atoms with van der Waals surface area (Å²) in [6.45, 7) is 6.51. The molecule has 0 radical (unpaired) electrons. The van der Waals surface area contributed by atoms with Crippen molar-refractivity contribution in [2.75, 3.05) is 39.3 Å². The summed E-state index contributed by atoms with van der Waals surface area (Å²) in [4.78, 5) is 29.1. The Morgan fingerprint density at radius 2 is 1.78 bits per heavy atom. The molecule has 2 heterocycles. The predicted octanol–water partition coefficient (Wildman–Crippen LogP) is 4.26. The van der Waals surface area contributed by atoms with Gasteiger partial charge in [0.25, 0.3) is 11.8 Å². The number of aryl methyl sites for hydroxylation is 1. The summed E-state index contributed by atoms with van der Waals surface area (Å²) in [5.74, 6) is -0.152. The van der Waals surface area contributed by atoms with Gasteiger partial charge in [-0.2, -0.15) is 0 Å². The molecule has 2 atom stereocenters. The number of nitrogens with zero attached hydrogens (tertiary/aromatic N) is 2. The zero-order valence-electron chi connectivity index (χ0n) is 17.9. The number of amides is 2. The van der Waals surface area contributed by atoms with Gasteiger partial charge in [-0.25, -0.2) is 4.39 Å². The van der Waals surface area contributed by atoms with Crippen LogP contribution in [0.15, 0.2) is 36.4 Å². The van der Waals surface area contributed by atoms with Crippen LogP contribution in [0.1, 0.15) is 32.7 Å². The lowest BCUT2D eigenvalue weighted by Crippen LogP contribution is -2.34. The van der Waals surface area contributed by atoms with Crippen LogP contribution in [0.25, 0.3) is 0 Å². The van der Waals surface area contributed by atoms with Gasteiger partial charge in [-0.1, -0.05) is 29.3 Å². The number of fused-ring (bicyclic) bond motifs is 1. The first-order valence-electron chi connectivity index (χ1n) is 10.8. The van der Waals surface area contributed by atoms with E-state index in [1.165, 1.54) is 12.1 Å². The first-order chi connectivity index (χ1) is 15.3. The first-order valence-corrected chi connectivity index (χ1v) is 11.6. The highest BCUT2D eigenvalue weighted by molar-refractivity contribution is 6.31. The van der Waals surface area contributed by atoms with Crippen LogP contribution in [0.3, 0.4) is 0 Å². The van der Waals surface area contributed by atoms with Gasteiger partial charge in [0, 0.05) is 48.3 Å². The van der Waals surface area contributed by atoms with E-state index in [2.05, 4.69) is 10.2 Å². The average molecular weight is 478 g/mol. The molecule has 2 saturated heterocycles. The van der Waals surface area contributed by atoms with Crippen molar-refractivity contribution in [3.05, 3.63) is 69.0 Å². The number of halogens is 3. The minimum absolute atomic E-state index is 0.0804. The molecule has 0 saturated carbocycles. The van der Waals surface area contributed by atoms with E-state index < -0.39 is 5.82 Å². The quantitative estimate of drug-likeness (QED) is 0.632. The van der Waals surface area contributed by atoms with E-state index in [0.717, 1.165) is 31.6 Å². The number of benzene rings is 2. The van der Waals surface area contributed by atoms with Crippen LogP contribution in [0.2, 0.25) is 10.0 Å². The molecule has 2 unspecified atom stereocenters. The van der Waals surface area contributed by atoms with Crippen LogP contribution in [-0.2, 0) is 0 Å². The molecule has 2 aromatic carbocycles. The summed E-state index contributed by atoms with van der Waals surface area (Å²) in [6.07, 6.45) is 0.851. The average Bonchev–Trinajstić information content (AvgIpc) is 3.31. The SMILES string of the molecule is Cc1ccc(C(=O)NCCCN2CC3CN(C(=O)c4ccc(Cl)cc4F)CC3C2)cc1Cl. The van der Waals surface area contributed by atoms with Crippen LogP contribution >= 0.6 is 23.2 Å². The van der Waals surface area contributed by atoms with Gasteiger partial charge in [0.15, 0.2) is 0 Å². The van der Waals surface area contributed by atoms with Crippen LogP contribution in [0.5, 0.6) is 0 Å². The first kappa shape index (κ1) is 23.0. The zero-order valence-corrected chi connectivity index (χ0v) is 19.4. The molecule has 5 nitrogen and oxygen atoms in total. The number of likely N-dealkylation sites (tertiary alicyclic amines) is 2. The predicted molar refractivity (Wildman–Crippen MR) is 124 cm³/mol. The zero-order chi connectivity index (χ0) is 22.8. The molecule has 2 amide bonds. The smallest absolute Gasteiger partial charge is 0.256 e. The van der Waals surface area contributed by atoms with Gasteiger partial charge in [-0.05, 0) is 67.6 Å². The molecular weight excluding hydrogens is 452 g/mol. The highest BCUT2D eigenvalue weighted by Gasteiger charge is 2.41. The molecule has 2 aromatic rings. The Labute approximate surface area is 197 Å². The van der Waals surface area contributed by atoms with Crippen LogP contribution in [-0.4, -0.2) is 60.9 Å². The van der Waals surface area contributed by atoms with Gasteiger partial charge < -0.3 is 15.1 Å². The molecule has 2 aliphatic rings. The monoisotopic (exact) mass is 477 g/mol. The third-order valence-corrected chi connectivity index (χ3v) is 7.02. The van der Waals surface area contributed by atoms with Crippen molar-refractivity contribution in [2.45, 2.75) is 13.3 Å². The highest BCUT2D eigenvalue weighted by Crippen LogP contribution is 2.32. The van der Waals surface area contributed by atoms with E-state index in [4.69, 9.17) is 23.2 Å². The number of rotatable bonds is 6. The van der Waals surface area contributed by atoms with E-state index in [-0.39, 0.29) is 22.4 Å². The lowest BCUT2D eigenvalue weighted by Gasteiger charge is -2.22. The van der Waals surface area contributed by atoms with Crippen molar-refractivity contribution >= 4 is 35.0 Å². The van der Waals surface area contributed by atoms with Gasteiger partial charge in [-0.3, -0.25) is 9.59 Å².